The second-order valence-electron chi connectivity index (χ2n) is 8.09. The summed E-state index contributed by atoms with van der Waals surface area (Å²) in [6.45, 7) is 0. The van der Waals surface area contributed by atoms with E-state index in [1.54, 1.807) is 6.07 Å². The molecule has 0 saturated heterocycles. The minimum atomic E-state index is -2.83. The van der Waals surface area contributed by atoms with Gasteiger partial charge in [0.2, 0.25) is 5.13 Å². The molecule has 192 valence electrons. The molecule has 0 atom stereocenters. The average molecular weight is 536 g/mol. The first-order valence-corrected chi connectivity index (χ1v) is 12.1. The molecule has 0 spiro atoms. The number of anilines is 1. The van der Waals surface area contributed by atoms with E-state index in [1.165, 1.54) is 45.1 Å². The van der Waals surface area contributed by atoms with Crippen LogP contribution in [0.3, 0.4) is 0 Å². The third-order valence-corrected chi connectivity index (χ3v) is 6.24. The van der Waals surface area contributed by atoms with Crippen LogP contribution in [-0.2, 0) is 0 Å². The summed E-state index contributed by atoms with van der Waals surface area (Å²) >= 11 is 1.13. The van der Waals surface area contributed by atoms with Crippen LogP contribution < -0.4 is 14.8 Å². The monoisotopic (exact) mass is 535 g/mol. The number of pyridine rings is 2. The number of rotatable bonds is 7. The molecule has 0 aliphatic heterocycles. The van der Waals surface area contributed by atoms with Crippen molar-refractivity contribution in [3.05, 3.63) is 53.2 Å². The van der Waals surface area contributed by atoms with Crippen LogP contribution in [0.15, 0.2) is 36.9 Å². The van der Waals surface area contributed by atoms with Crippen LogP contribution in [0, 0.1) is 17.8 Å². The number of hydrogen-bond donors (Lipinski definition) is 1. The maximum Gasteiger partial charge on any atom is 0.316 e. The predicted octanol–water partition coefficient (Wildman–Crippen LogP) is 4.42. The molecule has 0 aromatic carbocycles. The maximum atomic E-state index is 13.5. The second kappa shape index (κ2) is 10.8. The molecule has 0 bridgehead atoms. The Labute approximate surface area is 219 Å². The van der Waals surface area contributed by atoms with E-state index >= 15 is 0 Å². The molecule has 38 heavy (non-hydrogen) atoms. The Balaban J connectivity index is 1.55. The van der Waals surface area contributed by atoms with Crippen molar-refractivity contribution in [1.82, 2.24) is 30.1 Å². The molecule has 4 aromatic heterocycles. The molecule has 1 fully saturated rings. The minimum Gasteiger partial charge on any atom is -0.494 e. The highest BCUT2D eigenvalue weighted by molar-refractivity contribution is 7.15. The highest BCUT2D eigenvalue weighted by Gasteiger charge is 2.22. The summed E-state index contributed by atoms with van der Waals surface area (Å²) in [6, 6.07) is 2.92. The van der Waals surface area contributed by atoms with Gasteiger partial charge in [-0.25, -0.2) is 18.7 Å². The van der Waals surface area contributed by atoms with Crippen molar-refractivity contribution in [2.45, 2.75) is 19.3 Å². The van der Waals surface area contributed by atoms with Crippen molar-refractivity contribution in [1.29, 1.82) is 0 Å². The summed E-state index contributed by atoms with van der Waals surface area (Å²) < 4.78 is 37.4. The zero-order valence-electron chi connectivity index (χ0n) is 20.1. The van der Waals surface area contributed by atoms with Gasteiger partial charge in [0, 0.05) is 41.2 Å². The summed E-state index contributed by atoms with van der Waals surface area (Å²) in [7, 11) is 2.82. The van der Waals surface area contributed by atoms with Gasteiger partial charge in [-0.2, -0.15) is 0 Å². The Morgan fingerprint density at radius 1 is 1.03 bits per heavy atom. The predicted molar refractivity (Wildman–Crippen MR) is 134 cm³/mol. The van der Waals surface area contributed by atoms with Crippen molar-refractivity contribution in [2.24, 2.45) is 5.92 Å². The lowest BCUT2D eigenvalue weighted by Crippen LogP contribution is -2.14. The third-order valence-electron chi connectivity index (χ3n) is 5.48. The van der Waals surface area contributed by atoms with Crippen LogP contribution in [0.1, 0.15) is 40.3 Å². The van der Waals surface area contributed by atoms with E-state index in [0.29, 0.717) is 22.2 Å². The molecular formula is C25H19F2N7O3S. The number of hydrogen-bond acceptors (Lipinski definition) is 10. The minimum absolute atomic E-state index is 0.0914. The molecule has 1 aliphatic carbocycles. The van der Waals surface area contributed by atoms with Crippen molar-refractivity contribution in [3.63, 3.8) is 0 Å². The fraction of sp³-hybridized carbons (Fsp3) is 0.240. The molecule has 5 rings (SSSR count). The molecular weight excluding hydrogens is 516 g/mol. The van der Waals surface area contributed by atoms with Gasteiger partial charge in [-0.05, 0) is 30.9 Å². The van der Waals surface area contributed by atoms with Gasteiger partial charge in [0.25, 0.3) is 12.3 Å². The molecule has 0 unspecified atom stereocenters. The number of carbonyl (C=O) groups excluding carboxylic acids is 1. The van der Waals surface area contributed by atoms with Crippen molar-refractivity contribution < 1.29 is 23.0 Å². The van der Waals surface area contributed by atoms with Gasteiger partial charge >= 0.3 is 6.01 Å². The van der Waals surface area contributed by atoms with Crippen LogP contribution in [0.5, 0.6) is 11.8 Å². The summed E-state index contributed by atoms with van der Waals surface area (Å²) in [4.78, 5) is 29.7. The van der Waals surface area contributed by atoms with Gasteiger partial charge in [-0.15, -0.1) is 10.2 Å². The van der Waals surface area contributed by atoms with E-state index in [0.717, 1.165) is 24.2 Å². The van der Waals surface area contributed by atoms with Gasteiger partial charge < -0.3 is 9.47 Å². The maximum absolute atomic E-state index is 13.5. The van der Waals surface area contributed by atoms with Gasteiger partial charge in [0.05, 0.1) is 31.7 Å². The number of amides is 1. The van der Waals surface area contributed by atoms with E-state index in [1.807, 2.05) is 0 Å². The number of nitrogens with zero attached hydrogens (tertiary/aromatic N) is 6. The zero-order chi connectivity index (χ0) is 26.6. The van der Waals surface area contributed by atoms with Crippen LogP contribution in [0.25, 0.3) is 22.4 Å². The lowest BCUT2D eigenvalue weighted by molar-refractivity contribution is 0.102. The second-order valence-corrected chi connectivity index (χ2v) is 9.07. The van der Waals surface area contributed by atoms with Gasteiger partial charge in [0.1, 0.15) is 11.4 Å². The summed E-state index contributed by atoms with van der Waals surface area (Å²) in [5, 5.41) is 11.4. The van der Waals surface area contributed by atoms with Crippen molar-refractivity contribution >= 4 is 22.4 Å². The third kappa shape index (κ3) is 5.55. The smallest absolute Gasteiger partial charge is 0.316 e. The van der Waals surface area contributed by atoms with Crippen LogP contribution in [0.4, 0.5) is 13.9 Å². The summed E-state index contributed by atoms with van der Waals surface area (Å²) in [5.41, 5.74) is 1.04. The Morgan fingerprint density at radius 2 is 1.82 bits per heavy atom. The molecule has 4 heterocycles. The average Bonchev–Trinajstić information content (AvgIpc) is 3.68. The van der Waals surface area contributed by atoms with Crippen LogP contribution in [0.2, 0.25) is 0 Å². The first-order chi connectivity index (χ1) is 18.4. The summed E-state index contributed by atoms with van der Waals surface area (Å²) in [6.07, 6.45) is 4.84. The molecule has 13 heteroatoms. The van der Waals surface area contributed by atoms with E-state index in [-0.39, 0.29) is 33.6 Å². The number of alkyl halides is 2. The van der Waals surface area contributed by atoms with Crippen LogP contribution in [-0.4, -0.2) is 50.3 Å². The molecule has 1 N–H and O–H groups in total. The molecule has 10 nitrogen and oxygen atoms in total. The Kier molecular flexibility index (Phi) is 7.14. The highest BCUT2D eigenvalue weighted by Crippen LogP contribution is 2.36. The lowest BCUT2D eigenvalue weighted by Gasteiger charge is -2.15. The number of ether oxygens (including phenoxy) is 2. The highest BCUT2D eigenvalue weighted by atomic mass is 32.1. The van der Waals surface area contributed by atoms with Crippen molar-refractivity contribution in [2.75, 3.05) is 19.5 Å². The first-order valence-electron chi connectivity index (χ1n) is 11.3. The number of carbonyl (C=O) groups is 1. The van der Waals surface area contributed by atoms with Gasteiger partial charge in [-0.3, -0.25) is 20.1 Å². The molecule has 1 aliphatic rings. The first kappa shape index (κ1) is 25.1. The Bertz CT molecular complexity index is 1550. The number of halogens is 2. The molecule has 1 amide bonds. The topological polar surface area (TPSA) is 125 Å². The van der Waals surface area contributed by atoms with Gasteiger partial charge in [-0.1, -0.05) is 17.3 Å². The number of nitrogens with one attached hydrogen (secondary N) is 1. The lowest BCUT2D eigenvalue weighted by atomic mass is 9.98. The zero-order valence-corrected chi connectivity index (χ0v) is 20.9. The van der Waals surface area contributed by atoms with E-state index in [9.17, 15) is 13.6 Å². The Morgan fingerprint density at radius 3 is 2.50 bits per heavy atom. The SMILES string of the molecule is COc1ncc(-c2cc(-c3cc(C(F)F)ncc3OC)c(C(=O)Nc3nnc(C#CC4CC4)s3)cn2)cn1. The van der Waals surface area contributed by atoms with Gasteiger partial charge in [0.15, 0.2) is 5.01 Å². The number of methoxy groups -OCH3 is 2. The normalized spacial score (nSPS) is 12.6. The van der Waals surface area contributed by atoms with Crippen molar-refractivity contribution in [3.8, 4) is 46.0 Å². The Hall–Kier alpha value is -4.57. The van der Waals surface area contributed by atoms with Crippen LogP contribution >= 0.6 is 11.3 Å². The largest absolute Gasteiger partial charge is 0.494 e. The quantitative estimate of drug-likeness (QED) is 0.342. The molecule has 1 saturated carbocycles. The van der Waals surface area contributed by atoms with E-state index in [2.05, 4.69) is 47.3 Å². The van der Waals surface area contributed by atoms with E-state index in [4.69, 9.17) is 9.47 Å². The molecule has 4 aromatic rings. The van der Waals surface area contributed by atoms with E-state index < -0.39 is 18.0 Å². The standard InChI is InChI=1S/C25H19F2N7O3S/c1-36-20-12-29-19(22(26)27)8-16(20)15-7-18(14-9-30-24(37-2)31-10-14)28-11-17(15)23(35)32-25-34-33-21(38-25)6-5-13-3-4-13/h7-13,22H,3-4H2,1-2H3,(H,32,34,35). The fourth-order valence-corrected chi connectivity index (χ4v) is 4.00. The molecule has 0 radical (unpaired) electrons. The number of aromatic nitrogens is 6. The summed E-state index contributed by atoms with van der Waals surface area (Å²) in [5.74, 6) is 6.08. The fourth-order valence-electron chi connectivity index (χ4n) is 3.40.